The summed E-state index contributed by atoms with van der Waals surface area (Å²) in [7, 11) is 1.80. The van der Waals surface area contributed by atoms with Crippen molar-refractivity contribution in [1.82, 2.24) is 0 Å². The van der Waals surface area contributed by atoms with Crippen molar-refractivity contribution in [2.75, 3.05) is 20.3 Å². The first-order chi connectivity index (χ1) is 9.54. The molecule has 0 saturated carbocycles. The Hall–Kier alpha value is -0.860. The Morgan fingerprint density at radius 3 is 2.65 bits per heavy atom. The molecule has 20 heavy (non-hydrogen) atoms. The molecule has 0 unspecified atom stereocenters. The molecular formula is C18H30O2. The molecule has 0 saturated heterocycles. The van der Waals surface area contributed by atoms with E-state index in [1.54, 1.807) is 7.11 Å². The van der Waals surface area contributed by atoms with Gasteiger partial charge in [-0.3, -0.25) is 0 Å². The van der Waals surface area contributed by atoms with Crippen LogP contribution in [0.15, 0.2) is 35.5 Å². The Balaban J connectivity index is 2.83. The number of ether oxygens (including phenoxy) is 2. The zero-order chi connectivity index (χ0) is 15.0. The maximum atomic E-state index is 5.70. The van der Waals surface area contributed by atoms with Crippen molar-refractivity contribution in [2.24, 2.45) is 11.8 Å². The molecule has 0 bridgehead atoms. The summed E-state index contributed by atoms with van der Waals surface area (Å²) in [5.41, 5.74) is 2.69. The first-order valence-electron chi connectivity index (χ1n) is 7.64. The minimum Gasteiger partial charge on any atom is -0.377 e. The average Bonchev–Trinajstić information content (AvgIpc) is 2.42. The molecule has 3 atom stereocenters. The Bertz CT molecular complexity index is 366. The van der Waals surface area contributed by atoms with Crippen molar-refractivity contribution in [1.29, 1.82) is 0 Å². The van der Waals surface area contributed by atoms with Crippen LogP contribution in [0.1, 0.15) is 40.5 Å². The highest BCUT2D eigenvalue weighted by Gasteiger charge is 2.19. The number of methoxy groups -OCH3 is 1. The van der Waals surface area contributed by atoms with Crippen molar-refractivity contribution in [3.05, 3.63) is 35.5 Å². The Morgan fingerprint density at radius 2 is 1.95 bits per heavy atom. The smallest absolute Gasteiger partial charge is 0.0783 e. The van der Waals surface area contributed by atoms with E-state index in [-0.39, 0.29) is 6.10 Å². The molecule has 0 N–H and O–H groups in total. The van der Waals surface area contributed by atoms with Gasteiger partial charge in [-0.15, -0.1) is 0 Å². The van der Waals surface area contributed by atoms with E-state index in [2.05, 4.69) is 52.0 Å². The highest BCUT2D eigenvalue weighted by molar-refractivity contribution is 5.06. The fourth-order valence-corrected chi connectivity index (χ4v) is 2.48. The van der Waals surface area contributed by atoms with Gasteiger partial charge in [0.2, 0.25) is 0 Å². The van der Waals surface area contributed by atoms with Crippen molar-refractivity contribution in [3.63, 3.8) is 0 Å². The summed E-state index contributed by atoms with van der Waals surface area (Å²) in [5.74, 6) is 0.944. The summed E-state index contributed by atoms with van der Waals surface area (Å²) < 4.78 is 11.3. The third-order valence-corrected chi connectivity index (χ3v) is 4.08. The van der Waals surface area contributed by atoms with Gasteiger partial charge in [0.1, 0.15) is 0 Å². The van der Waals surface area contributed by atoms with Gasteiger partial charge in [0, 0.05) is 7.11 Å². The van der Waals surface area contributed by atoms with Crippen LogP contribution in [-0.4, -0.2) is 26.4 Å². The van der Waals surface area contributed by atoms with E-state index in [4.69, 9.17) is 9.47 Å². The van der Waals surface area contributed by atoms with E-state index in [1.807, 2.05) is 0 Å². The molecule has 0 aliphatic carbocycles. The van der Waals surface area contributed by atoms with Crippen molar-refractivity contribution >= 4 is 0 Å². The minimum absolute atomic E-state index is 0.183. The van der Waals surface area contributed by atoms with Crippen LogP contribution in [0.4, 0.5) is 0 Å². The lowest BCUT2D eigenvalue weighted by atomic mass is 9.88. The lowest BCUT2D eigenvalue weighted by molar-refractivity contribution is 0.0818. The number of rotatable bonds is 1. The first kappa shape index (κ1) is 17.2. The summed E-state index contributed by atoms with van der Waals surface area (Å²) in [6.07, 6.45) is 11.3. The Morgan fingerprint density at radius 1 is 1.20 bits per heavy atom. The van der Waals surface area contributed by atoms with Gasteiger partial charge in [0.05, 0.1) is 19.3 Å². The quantitative estimate of drug-likeness (QED) is 0.656. The molecule has 0 aromatic heterocycles. The monoisotopic (exact) mass is 278 g/mol. The van der Waals surface area contributed by atoms with Crippen molar-refractivity contribution in [3.8, 4) is 0 Å². The second-order valence-corrected chi connectivity index (χ2v) is 5.96. The summed E-state index contributed by atoms with van der Waals surface area (Å²) >= 11 is 0. The molecule has 0 fully saturated rings. The molecule has 114 valence electrons. The normalized spacial score (nSPS) is 37.1. The van der Waals surface area contributed by atoms with Gasteiger partial charge in [-0.2, -0.15) is 0 Å². The van der Waals surface area contributed by atoms with Gasteiger partial charge in [0.15, 0.2) is 0 Å². The molecule has 1 heterocycles. The predicted octanol–water partition coefficient (Wildman–Crippen LogP) is 4.53. The fourth-order valence-electron chi connectivity index (χ4n) is 2.48. The van der Waals surface area contributed by atoms with Crippen LogP contribution in [0.2, 0.25) is 0 Å². The van der Waals surface area contributed by atoms with Gasteiger partial charge in [-0.1, -0.05) is 49.3 Å². The summed E-state index contributed by atoms with van der Waals surface area (Å²) in [6, 6.07) is 0. The van der Waals surface area contributed by atoms with E-state index in [1.165, 1.54) is 11.1 Å². The summed E-state index contributed by atoms with van der Waals surface area (Å²) in [5, 5.41) is 0. The summed E-state index contributed by atoms with van der Waals surface area (Å²) in [4.78, 5) is 0. The van der Waals surface area contributed by atoms with E-state index >= 15 is 0 Å². The number of allylic oxidation sites excluding steroid dienone is 3. The standard InChI is InChI=1S/C18H30O2/c1-14-8-6-7-9-18(19-5)17(4)16(3)12-15(2)13-20-11-10-14/h7,9-10,12,16-18H,6,8,11,13H2,1-5H3/b9-7+,14-10-,15-12-/t16-,17+,18+/m1/s1. The van der Waals surface area contributed by atoms with Gasteiger partial charge in [0.25, 0.3) is 0 Å². The third-order valence-electron chi connectivity index (χ3n) is 4.08. The molecule has 0 radical (unpaired) electrons. The molecule has 1 aliphatic heterocycles. The van der Waals surface area contributed by atoms with E-state index in [9.17, 15) is 0 Å². The van der Waals surface area contributed by atoms with E-state index in [0.29, 0.717) is 25.0 Å². The third kappa shape index (κ3) is 6.06. The van der Waals surface area contributed by atoms with Gasteiger partial charge < -0.3 is 9.47 Å². The highest BCUT2D eigenvalue weighted by Crippen LogP contribution is 2.22. The molecule has 0 aromatic carbocycles. The number of hydrogen-bond donors (Lipinski definition) is 0. The fraction of sp³-hybridized carbons (Fsp3) is 0.667. The summed E-state index contributed by atoms with van der Waals surface area (Å²) in [6.45, 7) is 10.3. The van der Waals surface area contributed by atoms with Crippen LogP contribution in [0, 0.1) is 11.8 Å². The van der Waals surface area contributed by atoms with Crippen LogP contribution in [0.5, 0.6) is 0 Å². The lowest BCUT2D eigenvalue weighted by Crippen LogP contribution is -2.23. The van der Waals surface area contributed by atoms with Gasteiger partial charge in [-0.25, -0.2) is 0 Å². The second kappa shape index (κ2) is 9.15. The van der Waals surface area contributed by atoms with Crippen LogP contribution in [0.25, 0.3) is 0 Å². The van der Waals surface area contributed by atoms with Crippen molar-refractivity contribution < 1.29 is 9.47 Å². The Labute approximate surface area is 124 Å². The topological polar surface area (TPSA) is 18.5 Å². The molecule has 1 aliphatic rings. The number of hydrogen-bond acceptors (Lipinski definition) is 2. The second-order valence-electron chi connectivity index (χ2n) is 5.96. The van der Waals surface area contributed by atoms with Crippen LogP contribution in [0.3, 0.4) is 0 Å². The van der Waals surface area contributed by atoms with E-state index < -0.39 is 0 Å². The molecule has 1 rings (SSSR count). The zero-order valence-corrected chi connectivity index (χ0v) is 13.7. The zero-order valence-electron chi connectivity index (χ0n) is 13.7. The van der Waals surface area contributed by atoms with Crippen LogP contribution < -0.4 is 0 Å². The Kier molecular flexibility index (Phi) is 7.86. The van der Waals surface area contributed by atoms with Crippen molar-refractivity contribution in [2.45, 2.75) is 46.6 Å². The van der Waals surface area contributed by atoms with Crippen LogP contribution >= 0.6 is 0 Å². The van der Waals surface area contributed by atoms with Gasteiger partial charge in [-0.05, 0) is 38.5 Å². The molecule has 0 spiro atoms. The van der Waals surface area contributed by atoms with Gasteiger partial charge >= 0.3 is 0 Å². The molecule has 0 aromatic rings. The van der Waals surface area contributed by atoms with E-state index in [0.717, 1.165) is 12.8 Å². The average molecular weight is 278 g/mol. The maximum absolute atomic E-state index is 5.70. The largest absolute Gasteiger partial charge is 0.377 e. The molecule has 2 heteroatoms. The lowest BCUT2D eigenvalue weighted by Gasteiger charge is -2.24. The first-order valence-corrected chi connectivity index (χ1v) is 7.64. The SMILES string of the molecule is CO[C@H]1/C=C/CC/C(C)=C\COC/C(C)=C\[C@@H](C)[C@@H]1C. The maximum Gasteiger partial charge on any atom is 0.0783 e. The highest BCUT2D eigenvalue weighted by atomic mass is 16.5. The molecule has 2 nitrogen and oxygen atoms in total. The molecular weight excluding hydrogens is 248 g/mol. The molecule has 0 amide bonds. The van der Waals surface area contributed by atoms with Crippen LogP contribution in [-0.2, 0) is 9.47 Å². The predicted molar refractivity (Wildman–Crippen MR) is 85.8 cm³/mol. The minimum atomic E-state index is 0.183.